The molecule has 2 spiro atoms. The molecule has 2 aromatic carbocycles. The average Bonchev–Trinajstić information content (AvgIpc) is 4.13. The Morgan fingerprint density at radius 1 is 0.587 bits per heavy atom. The highest BCUT2D eigenvalue weighted by atomic mass is 127. The number of carbonyl (C=O) groups is 2. The van der Waals surface area contributed by atoms with E-state index < -0.39 is 21.6 Å². The molecule has 2 amide bonds. The standard InChI is InChI=1S/C27H34F2N6O2S.C24H28F2IN5O.C3H6S/c1-18-16-23(33-25(31-18)35-14-10-27(28,29)11-15-35)32-24(36)21-5-4-20(38(30,37)19-2-3-19)17-22(21)34-12-8-26(6-7-26)9-13-34;1-16-14-20(30-22(28-16)32-12-8-24(25,26)9-13-32)29-21(33)18-3-2-17(27)15-19(18)31-10-6-23(4-5-23)7-11-31;4-3-1-2-3/h4-5,16-17,19,30H,2-3,6-15H2,1H3,(H,31,32,33,36);2-3,14-15H,4-13H2,1H3,(H,28,29,30,33);3-4H,1-2H2. The van der Waals surface area contributed by atoms with Crippen molar-refractivity contribution in [3.05, 3.63) is 74.6 Å². The summed E-state index contributed by atoms with van der Waals surface area (Å²) < 4.78 is 77.2. The number of carbonyl (C=O) groups excluding carboxylic acids is 2. The highest BCUT2D eigenvalue weighted by molar-refractivity contribution is 14.1. The molecule has 12 rings (SSSR count). The van der Waals surface area contributed by atoms with Gasteiger partial charge in [-0.05, 0) is 161 Å². The number of hydrogen-bond acceptors (Lipinski definition) is 13. The molecule has 0 bridgehead atoms. The largest absolute Gasteiger partial charge is 0.371 e. The number of hydrogen-bond donors (Lipinski definition) is 4. The number of nitrogens with zero attached hydrogens (tertiary/aromatic N) is 8. The van der Waals surface area contributed by atoms with Crippen molar-refractivity contribution in [3.63, 3.8) is 0 Å². The third-order valence-corrected chi connectivity index (χ3v) is 19.8. The van der Waals surface area contributed by atoms with Crippen LogP contribution in [0.25, 0.3) is 0 Å². The fraction of sp³-hybridized carbons (Fsp3) is 0.593. The molecule has 21 heteroatoms. The van der Waals surface area contributed by atoms with Crippen molar-refractivity contribution in [1.29, 1.82) is 4.78 Å². The maximum atomic E-state index is 13.6. The van der Waals surface area contributed by atoms with Crippen molar-refractivity contribution in [2.45, 2.75) is 144 Å². The molecule has 4 aliphatic carbocycles. The van der Waals surface area contributed by atoms with E-state index in [2.05, 4.69) is 81.7 Å². The zero-order valence-corrected chi connectivity index (χ0v) is 46.7. The summed E-state index contributed by atoms with van der Waals surface area (Å²) in [4.78, 5) is 53.2. The van der Waals surface area contributed by atoms with Crippen molar-refractivity contribution < 1.29 is 31.4 Å². The maximum Gasteiger partial charge on any atom is 0.258 e. The second-order valence-electron chi connectivity index (χ2n) is 22.3. The summed E-state index contributed by atoms with van der Waals surface area (Å²) in [6, 6.07) is 14.4. The Balaban J connectivity index is 0.000000160. The molecule has 4 aromatic rings. The fourth-order valence-corrected chi connectivity index (χ4v) is 12.9. The number of aromatic nitrogens is 4. The van der Waals surface area contributed by atoms with Gasteiger partial charge in [0.25, 0.3) is 23.7 Å². The molecule has 4 aliphatic heterocycles. The van der Waals surface area contributed by atoms with E-state index >= 15 is 0 Å². The topological polar surface area (TPSA) is 164 Å². The lowest BCUT2D eigenvalue weighted by atomic mass is 9.93. The lowest BCUT2D eigenvalue weighted by Crippen LogP contribution is -2.40. The van der Waals surface area contributed by atoms with Crippen LogP contribution in [0.3, 0.4) is 0 Å². The smallest absolute Gasteiger partial charge is 0.258 e. The van der Waals surface area contributed by atoms with Crippen LogP contribution in [-0.4, -0.2) is 111 Å². The van der Waals surface area contributed by atoms with Gasteiger partial charge in [0.05, 0.1) is 32.2 Å². The molecule has 4 saturated carbocycles. The van der Waals surface area contributed by atoms with Gasteiger partial charge in [-0.3, -0.25) is 9.59 Å². The van der Waals surface area contributed by atoms with E-state index in [1.165, 1.54) is 51.4 Å². The van der Waals surface area contributed by atoms with Gasteiger partial charge in [0.1, 0.15) is 11.6 Å². The number of piperidine rings is 4. The normalized spacial score (nSPS) is 22.7. The third kappa shape index (κ3) is 13.4. The van der Waals surface area contributed by atoms with Gasteiger partial charge in [0, 0.05) is 121 Å². The van der Waals surface area contributed by atoms with Crippen LogP contribution in [0.5, 0.6) is 0 Å². The van der Waals surface area contributed by atoms with Crippen LogP contribution >= 0.6 is 35.2 Å². The Hall–Kier alpha value is -4.51. The summed E-state index contributed by atoms with van der Waals surface area (Å²) in [5.41, 5.74) is 5.07. The number of aryl methyl sites for hydroxylation is 2. The van der Waals surface area contributed by atoms with E-state index in [-0.39, 0.29) is 68.9 Å². The van der Waals surface area contributed by atoms with E-state index in [9.17, 15) is 31.4 Å². The first-order chi connectivity index (χ1) is 35.6. The summed E-state index contributed by atoms with van der Waals surface area (Å²) in [7, 11) is -2.91. The molecule has 14 nitrogen and oxygen atoms in total. The highest BCUT2D eigenvalue weighted by Crippen LogP contribution is 2.55. The molecule has 2 aromatic heterocycles. The van der Waals surface area contributed by atoms with Crippen LogP contribution in [-0.2, 0) is 9.73 Å². The summed E-state index contributed by atoms with van der Waals surface area (Å²) >= 11 is 6.36. The number of benzene rings is 2. The second kappa shape index (κ2) is 21.4. The molecule has 404 valence electrons. The number of anilines is 6. The van der Waals surface area contributed by atoms with E-state index in [4.69, 9.17) is 4.78 Å². The second-order valence-corrected chi connectivity index (χ2v) is 26.6. The number of rotatable bonds is 10. The minimum absolute atomic E-state index is 0.108. The molecule has 8 fully saturated rings. The van der Waals surface area contributed by atoms with Crippen molar-refractivity contribution in [1.82, 2.24) is 19.9 Å². The van der Waals surface area contributed by atoms with Crippen LogP contribution in [0.2, 0.25) is 0 Å². The minimum Gasteiger partial charge on any atom is -0.371 e. The molecule has 6 heterocycles. The Bertz CT molecular complexity index is 2880. The average molecular weight is 1190 g/mol. The van der Waals surface area contributed by atoms with Gasteiger partial charge >= 0.3 is 0 Å². The van der Waals surface area contributed by atoms with Crippen LogP contribution in [0.15, 0.2) is 53.4 Å². The number of halogens is 5. The number of alkyl halides is 4. The van der Waals surface area contributed by atoms with E-state index in [0.717, 1.165) is 66.4 Å². The molecule has 3 N–H and O–H groups in total. The molecular formula is C54H68F4IN11O3S2. The van der Waals surface area contributed by atoms with Gasteiger partial charge in [-0.15, -0.1) is 0 Å². The molecule has 8 aliphatic rings. The summed E-state index contributed by atoms with van der Waals surface area (Å²) in [5, 5.41) is 6.48. The lowest BCUT2D eigenvalue weighted by Gasteiger charge is -2.35. The van der Waals surface area contributed by atoms with Crippen molar-refractivity contribution in [3.8, 4) is 0 Å². The summed E-state index contributed by atoms with van der Waals surface area (Å²) in [6.07, 6.45) is 13.1. The zero-order chi connectivity index (χ0) is 52.9. The SMILES string of the molecule is Cc1cc(NC(=O)c2ccc(I)cc2N2CCC3(CC2)CC3)nc(N2CCC(F)(F)CC2)n1.Cc1cc(NC(=O)c2ccc(S(=N)(=O)C3CC3)cc2N2CCC3(CC2)CC3)nc(N2CCC(F)(F)CC2)n1.SC1CC1. The minimum atomic E-state index is -2.91. The number of nitrogens with one attached hydrogen (secondary N) is 3. The molecule has 0 radical (unpaired) electrons. The predicted molar refractivity (Wildman–Crippen MR) is 298 cm³/mol. The van der Waals surface area contributed by atoms with Crippen molar-refractivity contribution in [2.24, 2.45) is 10.8 Å². The molecular weight excluding hydrogens is 1120 g/mol. The maximum absolute atomic E-state index is 13.6. The van der Waals surface area contributed by atoms with E-state index in [0.29, 0.717) is 67.5 Å². The Morgan fingerprint density at radius 2 is 0.973 bits per heavy atom. The first-order valence-electron chi connectivity index (χ1n) is 26.6. The quantitative estimate of drug-likeness (QED) is 0.0679. The van der Waals surface area contributed by atoms with Crippen LogP contribution in [0.4, 0.5) is 52.5 Å². The molecule has 1 unspecified atom stereocenters. The summed E-state index contributed by atoms with van der Waals surface area (Å²) in [6.45, 7) is 7.88. The highest BCUT2D eigenvalue weighted by Gasteiger charge is 2.46. The summed E-state index contributed by atoms with van der Waals surface area (Å²) in [5.74, 6) is -4.47. The Labute approximate surface area is 456 Å². The molecule has 75 heavy (non-hydrogen) atoms. The van der Waals surface area contributed by atoms with Crippen molar-refractivity contribution >= 4 is 91.7 Å². The van der Waals surface area contributed by atoms with Gasteiger partial charge < -0.3 is 30.2 Å². The van der Waals surface area contributed by atoms with Gasteiger partial charge in [-0.2, -0.15) is 22.6 Å². The fourth-order valence-electron chi connectivity index (χ4n) is 10.5. The number of amides is 2. The molecule has 4 saturated heterocycles. The van der Waals surface area contributed by atoms with Gasteiger partial charge in [-0.1, -0.05) is 0 Å². The van der Waals surface area contributed by atoms with Crippen LogP contribution in [0.1, 0.15) is 135 Å². The Kier molecular flexibility index (Phi) is 15.4. The lowest BCUT2D eigenvalue weighted by molar-refractivity contribution is -0.0229. The monoisotopic (exact) mass is 1190 g/mol. The van der Waals surface area contributed by atoms with E-state index in [1.807, 2.05) is 19.1 Å². The predicted octanol–water partition coefficient (Wildman–Crippen LogP) is 11.6. The molecule has 1 atom stereocenters. The van der Waals surface area contributed by atoms with Crippen LogP contribution < -0.4 is 30.2 Å². The third-order valence-electron chi connectivity index (χ3n) is 16.3. The van der Waals surface area contributed by atoms with Crippen LogP contribution in [0, 0.1) is 33.0 Å². The van der Waals surface area contributed by atoms with Gasteiger partial charge in [-0.25, -0.2) is 36.5 Å². The first kappa shape index (κ1) is 53.9. The number of thiol groups is 1. The van der Waals surface area contributed by atoms with Gasteiger partial charge in [0.2, 0.25) is 11.9 Å². The Morgan fingerprint density at radius 3 is 1.36 bits per heavy atom. The zero-order valence-electron chi connectivity index (χ0n) is 42.8. The first-order valence-corrected chi connectivity index (χ1v) is 29.9. The van der Waals surface area contributed by atoms with E-state index in [1.54, 1.807) is 47.1 Å². The van der Waals surface area contributed by atoms with Crippen molar-refractivity contribution in [2.75, 3.05) is 82.6 Å². The van der Waals surface area contributed by atoms with Gasteiger partial charge in [0.15, 0.2) is 0 Å².